The van der Waals surface area contributed by atoms with Crippen molar-refractivity contribution in [3.8, 4) is 33.3 Å². The van der Waals surface area contributed by atoms with Gasteiger partial charge in [0.2, 0.25) is 0 Å². The van der Waals surface area contributed by atoms with Crippen LogP contribution < -0.4 is 15.2 Å². The first-order valence-electron chi connectivity index (χ1n) is 8.89. The Hall–Kier alpha value is -3.31. The number of hydrogen-bond acceptors (Lipinski definition) is 5. The molecule has 140 valence electrons. The maximum Gasteiger partial charge on any atom is 0.161 e. The highest BCUT2D eigenvalue weighted by molar-refractivity contribution is 7.13. The van der Waals surface area contributed by atoms with Crippen LogP contribution in [0.3, 0.4) is 0 Å². The van der Waals surface area contributed by atoms with E-state index in [2.05, 4.69) is 0 Å². The van der Waals surface area contributed by atoms with Crippen LogP contribution in [0.2, 0.25) is 0 Å². The van der Waals surface area contributed by atoms with Crippen molar-refractivity contribution in [2.45, 2.75) is 6.61 Å². The van der Waals surface area contributed by atoms with E-state index in [0.29, 0.717) is 18.1 Å². The molecule has 0 spiro atoms. The van der Waals surface area contributed by atoms with Crippen molar-refractivity contribution in [1.82, 2.24) is 4.98 Å². The van der Waals surface area contributed by atoms with E-state index in [1.54, 1.807) is 18.4 Å². The number of methoxy groups -OCH3 is 1. The van der Waals surface area contributed by atoms with Gasteiger partial charge >= 0.3 is 0 Å². The summed E-state index contributed by atoms with van der Waals surface area (Å²) in [5.74, 6) is 1.41. The number of nitrogen functional groups attached to an aromatic ring is 1. The highest BCUT2D eigenvalue weighted by Crippen LogP contribution is 2.35. The van der Waals surface area contributed by atoms with E-state index in [-0.39, 0.29) is 0 Å². The van der Waals surface area contributed by atoms with Gasteiger partial charge in [-0.05, 0) is 35.9 Å². The fraction of sp³-hybridized carbons (Fsp3) is 0.0870. The number of hydrogen-bond donors (Lipinski definition) is 1. The number of benzene rings is 3. The topological polar surface area (TPSA) is 57.4 Å². The van der Waals surface area contributed by atoms with Crippen molar-refractivity contribution in [3.63, 3.8) is 0 Å². The number of ether oxygens (including phenoxy) is 2. The van der Waals surface area contributed by atoms with Crippen molar-refractivity contribution in [1.29, 1.82) is 0 Å². The highest BCUT2D eigenvalue weighted by Gasteiger charge is 2.11. The van der Waals surface area contributed by atoms with Crippen LogP contribution in [0, 0.1) is 0 Å². The van der Waals surface area contributed by atoms with Crippen LogP contribution in [0.25, 0.3) is 21.8 Å². The maximum atomic E-state index is 5.94. The van der Waals surface area contributed by atoms with Gasteiger partial charge in [-0.15, -0.1) is 11.3 Å². The molecule has 0 bridgehead atoms. The first-order valence-corrected chi connectivity index (χ1v) is 9.77. The molecule has 1 heterocycles. The first-order chi connectivity index (χ1) is 13.7. The zero-order valence-electron chi connectivity index (χ0n) is 15.5. The Balaban J connectivity index is 1.55. The maximum absolute atomic E-state index is 5.94. The van der Waals surface area contributed by atoms with Crippen LogP contribution >= 0.6 is 11.3 Å². The van der Waals surface area contributed by atoms with Gasteiger partial charge in [-0.1, -0.05) is 42.5 Å². The van der Waals surface area contributed by atoms with Crippen LogP contribution in [0.15, 0.2) is 78.2 Å². The molecule has 4 rings (SSSR count). The average molecular weight is 388 g/mol. The average Bonchev–Trinajstić information content (AvgIpc) is 3.23. The minimum atomic E-state index is 0.495. The summed E-state index contributed by atoms with van der Waals surface area (Å²) in [5, 5.41) is 2.98. The number of anilines is 1. The summed E-state index contributed by atoms with van der Waals surface area (Å²) in [6, 6.07) is 23.7. The lowest BCUT2D eigenvalue weighted by atomic mass is 10.1. The lowest BCUT2D eigenvalue weighted by Gasteiger charge is -2.11. The second-order valence-electron chi connectivity index (χ2n) is 6.30. The Labute approximate surface area is 168 Å². The van der Waals surface area contributed by atoms with Gasteiger partial charge in [-0.3, -0.25) is 0 Å². The molecule has 0 fully saturated rings. The summed E-state index contributed by atoms with van der Waals surface area (Å²) >= 11 is 1.60. The molecule has 0 amide bonds. The fourth-order valence-corrected chi connectivity index (χ4v) is 3.67. The Morgan fingerprint density at radius 3 is 2.39 bits per heavy atom. The molecule has 0 aliphatic carbocycles. The van der Waals surface area contributed by atoms with Crippen molar-refractivity contribution >= 4 is 17.0 Å². The third kappa shape index (κ3) is 4.00. The fourth-order valence-electron chi connectivity index (χ4n) is 2.85. The summed E-state index contributed by atoms with van der Waals surface area (Å²) in [5.41, 5.74) is 10.6. The number of nitrogens with two attached hydrogens (primary N) is 1. The second-order valence-corrected chi connectivity index (χ2v) is 7.16. The Bertz CT molecular complexity index is 1060. The zero-order valence-corrected chi connectivity index (χ0v) is 16.3. The molecule has 4 aromatic rings. The van der Waals surface area contributed by atoms with E-state index in [1.807, 2.05) is 78.2 Å². The third-order valence-corrected chi connectivity index (χ3v) is 5.25. The number of rotatable bonds is 6. The Kier molecular flexibility index (Phi) is 5.26. The van der Waals surface area contributed by atoms with Gasteiger partial charge in [0.05, 0.1) is 12.8 Å². The summed E-state index contributed by atoms with van der Waals surface area (Å²) < 4.78 is 11.5. The van der Waals surface area contributed by atoms with E-state index >= 15 is 0 Å². The van der Waals surface area contributed by atoms with Gasteiger partial charge in [-0.2, -0.15) is 0 Å². The van der Waals surface area contributed by atoms with Gasteiger partial charge in [0.15, 0.2) is 11.5 Å². The quantitative estimate of drug-likeness (QED) is 0.434. The largest absolute Gasteiger partial charge is 0.493 e. The molecule has 28 heavy (non-hydrogen) atoms. The number of nitrogens with zero attached hydrogens (tertiary/aromatic N) is 1. The van der Waals surface area contributed by atoms with E-state index < -0.39 is 0 Å². The molecule has 0 saturated heterocycles. The van der Waals surface area contributed by atoms with Gasteiger partial charge in [-0.25, -0.2) is 4.98 Å². The lowest BCUT2D eigenvalue weighted by Crippen LogP contribution is -1.97. The highest BCUT2D eigenvalue weighted by atomic mass is 32.1. The van der Waals surface area contributed by atoms with E-state index in [0.717, 1.165) is 33.1 Å². The lowest BCUT2D eigenvalue weighted by molar-refractivity contribution is 0.284. The summed E-state index contributed by atoms with van der Waals surface area (Å²) in [6.45, 7) is 0.495. The van der Waals surface area contributed by atoms with Crippen molar-refractivity contribution in [3.05, 3.63) is 83.7 Å². The van der Waals surface area contributed by atoms with Gasteiger partial charge in [0, 0.05) is 22.2 Å². The van der Waals surface area contributed by atoms with Crippen LogP contribution in [0.4, 0.5) is 5.69 Å². The van der Waals surface area contributed by atoms with Crippen LogP contribution in [-0.2, 0) is 6.61 Å². The molecule has 0 radical (unpaired) electrons. The van der Waals surface area contributed by atoms with Crippen LogP contribution in [-0.4, -0.2) is 12.1 Å². The molecule has 0 unspecified atom stereocenters. The molecule has 0 saturated carbocycles. The molecular weight excluding hydrogens is 368 g/mol. The predicted octanol–water partition coefficient (Wildman–Crippen LogP) is 5.65. The molecule has 4 nitrogen and oxygen atoms in total. The van der Waals surface area contributed by atoms with Crippen molar-refractivity contribution in [2.24, 2.45) is 0 Å². The van der Waals surface area contributed by atoms with Gasteiger partial charge in [0.1, 0.15) is 11.6 Å². The standard InChI is InChI=1S/C23H20N2O2S/c1-26-22-13-18(9-12-21(22)27-14-16-5-3-2-4-6-16)23-25-20(15-28-23)17-7-10-19(24)11-8-17/h2-13,15H,14,24H2,1H3. The summed E-state index contributed by atoms with van der Waals surface area (Å²) in [4.78, 5) is 4.76. The Morgan fingerprint density at radius 1 is 0.893 bits per heavy atom. The van der Waals surface area contributed by atoms with Crippen LogP contribution in [0.1, 0.15) is 5.56 Å². The molecule has 3 aromatic carbocycles. The summed E-state index contributed by atoms with van der Waals surface area (Å²) in [7, 11) is 1.65. The molecular formula is C23H20N2O2S. The monoisotopic (exact) mass is 388 g/mol. The molecule has 5 heteroatoms. The molecule has 0 aliphatic rings. The minimum Gasteiger partial charge on any atom is -0.493 e. The van der Waals surface area contributed by atoms with E-state index in [1.165, 1.54) is 0 Å². The molecule has 0 atom stereocenters. The summed E-state index contributed by atoms with van der Waals surface area (Å²) in [6.07, 6.45) is 0. The number of aromatic nitrogens is 1. The predicted molar refractivity (Wildman–Crippen MR) is 115 cm³/mol. The molecule has 0 aliphatic heterocycles. The van der Waals surface area contributed by atoms with Crippen molar-refractivity contribution in [2.75, 3.05) is 12.8 Å². The SMILES string of the molecule is COc1cc(-c2nc(-c3ccc(N)cc3)cs2)ccc1OCc1ccccc1. The zero-order chi connectivity index (χ0) is 19.3. The molecule has 2 N–H and O–H groups in total. The van der Waals surface area contributed by atoms with Gasteiger partial charge in [0.25, 0.3) is 0 Å². The van der Waals surface area contributed by atoms with E-state index in [9.17, 15) is 0 Å². The van der Waals surface area contributed by atoms with Crippen LogP contribution in [0.5, 0.6) is 11.5 Å². The number of thiazole rings is 1. The second kappa shape index (κ2) is 8.15. The van der Waals surface area contributed by atoms with Crippen molar-refractivity contribution < 1.29 is 9.47 Å². The smallest absolute Gasteiger partial charge is 0.161 e. The normalized spacial score (nSPS) is 10.6. The first kappa shape index (κ1) is 18.1. The minimum absolute atomic E-state index is 0.495. The molecule has 1 aromatic heterocycles. The van der Waals surface area contributed by atoms with Gasteiger partial charge < -0.3 is 15.2 Å². The third-order valence-electron chi connectivity index (χ3n) is 4.36. The van der Waals surface area contributed by atoms with E-state index in [4.69, 9.17) is 20.2 Å². The Morgan fingerprint density at radius 2 is 1.64 bits per heavy atom.